The highest BCUT2D eigenvalue weighted by atomic mass is 35.5. The van der Waals surface area contributed by atoms with Crippen molar-refractivity contribution in [1.29, 1.82) is 0 Å². The van der Waals surface area contributed by atoms with Crippen LogP contribution in [0.4, 0.5) is 0 Å². The molecule has 0 fully saturated rings. The second-order valence-electron chi connectivity index (χ2n) is 3.62. The van der Waals surface area contributed by atoms with E-state index in [1.807, 2.05) is 0 Å². The molecule has 0 spiro atoms. The summed E-state index contributed by atoms with van der Waals surface area (Å²) in [7, 11) is 0. The van der Waals surface area contributed by atoms with Gasteiger partial charge < -0.3 is 10.4 Å². The van der Waals surface area contributed by atoms with Crippen LogP contribution in [0.2, 0.25) is 5.02 Å². The van der Waals surface area contributed by atoms with E-state index in [0.717, 1.165) is 5.56 Å². The van der Waals surface area contributed by atoms with E-state index in [2.05, 4.69) is 5.32 Å². The average molecular weight is 238 g/mol. The summed E-state index contributed by atoms with van der Waals surface area (Å²) in [6.45, 7) is 0.493. The predicted molar refractivity (Wildman–Crippen MR) is 62.7 cm³/mol. The van der Waals surface area contributed by atoms with Crippen molar-refractivity contribution in [2.75, 3.05) is 13.2 Å². The molecule has 0 radical (unpaired) electrons. The molecule has 0 amide bonds. The molecular formula is C12H12ClNO2. The quantitative estimate of drug-likeness (QED) is 0.620. The highest BCUT2D eigenvalue weighted by Crippen LogP contribution is 2.31. The minimum Gasteiger partial charge on any atom is -0.395 e. The molecule has 4 heteroatoms. The number of allylic oxidation sites excluding steroid dienone is 1. The van der Waals surface area contributed by atoms with Crippen molar-refractivity contribution in [1.82, 2.24) is 5.32 Å². The third-order valence-corrected chi connectivity index (χ3v) is 2.91. The van der Waals surface area contributed by atoms with Gasteiger partial charge in [0.15, 0.2) is 5.78 Å². The Balaban J connectivity index is 2.24. The Morgan fingerprint density at radius 3 is 3.00 bits per heavy atom. The summed E-state index contributed by atoms with van der Waals surface area (Å²) >= 11 is 6.02. The van der Waals surface area contributed by atoms with E-state index in [4.69, 9.17) is 16.7 Å². The molecule has 3 nitrogen and oxygen atoms in total. The predicted octanol–water partition coefficient (Wildman–Crippen LogP) is 1.54. The minimum atomic E-state index is 0.0166. The van der Waals surface area contributed by atoms with Crippen LogP contribution in [0.1, 0.15) is 15.9 Å². The molecule has 1 aromatic carbocycles. The smallest absolute Gasteiger partial charge is 0.191 e. The topological polar surface area (TPSA) is 49.3 Å². The Bertz CT molecular complexity index is 454. The summed E-state index contributed by atoms with van der Waals surface area (Å²) in [4.78, 5) is 11.9. The maximum absolute atomic E-state index is 11.9. The lowest BCUT2D eigenvalue weighted by molar-refractivity contribution is 0.103. The average Bonchev–Trinajstić information content (AvgIpc) is 2.59. The zero-order valence-corrected chi connectivity index (χ0v) is 9.42. The Morgan fingerprint density at radius 1 is 1.50 bits per heavy atom. The summed E-state index contributed by atoms with van der Waals surface area (Å²) < 4.78 is 0. The highest BCUT2D eigenvalue weighted by molar-refractivity contribution is 6.32. The Morgan fingerprint density at radius 2 is 2.31 bits per heavy atom. The molecule has 0 unspecified atom stereocenters. The van der Waals surface area contributed by atoms with Crippen LogP contribution in [-0.4, -0.2) is 24.0 Å². The van der Waals surface area contributed by atoms with Crippen molar-refractivity contribution < 1.29 is 9.90 Å². The molecule has 0 aromatic heterocycles. The zero-order chi connectivity index (χ0) is 11.5. The summed E-state index contributed by atoms with van der Waals surface area (Å²) in [5, 5.41) is 12.1. The van der Waals surface area contributed by atoms with Gasteiger partial charge in [-0.15, -0.1) is 0 Å². The van der Waals surface area contributed by atoms with E-state index >= 15 is 0 Å². The second-order valence-corrected chi connectivity index (χ2v) is 4.03. The van der Waals surface area contributed by atoms with Gasteiger partial charge in [0.05, 0.1) is 6.61 Å². The first kappa shape index (κ1) is 11.2. The van der Waals surface area contributed by atoms with E-state index in [0.29, 0.717) is 29.1 Å². The SMILES string of the molecule is O=C1/C(=C/NCCO)Cc2c(Cl)cccc21. The zero-order valence-electron chi connectivity index (χ0n) is 8.66. The van der Waals surface area contributed by atoms with E-state index in [9.17, 15) is 4.79 Å². The maximum atomic E-state index is 11.9. The van der Waals surface area contributed by atoms with Gasteiger partial charge in [0.25, 0.3) is 0 Å². The van der Waals surface area contributed by atoms with E-state index in [1.165, 1.54) is 0 Å². The van der Waals surface area contributed by atoms with Crippen LogP contribution in [0.3, 0.4) is 0 Å². The normalized spacial score (nSPS) is 16.6. The largest absolute Gasteiger partial charge is 0.395 e. The van der Waals surface area contributed by atoms with Crippen LogP contribution in [-0.2, 0) is 6.42 Å². The lowest BCUT2D eigenvalue weighted by Gasteiger charge is -1.98. The maximum Gasteiger partial charge on any atom is 0.191 e. The lowest BCUT2D eigenvalue weighted by atomic mass is 10.1. The number of carbonyl (C=O) groups excluding carboxylic acids is 1. The number of carbonyl (C=O) groups is 1. The van der Waals surface area contributed by atoms with E-state index in [-0.39, 0.29) is 12.4 Å². The molecule has 16 heavy (non-hydrogen) atoms. The number of Topliss-reactive ketones (excluding diaryl/α,β-unsaturated/α-hetero) is 1. The van der Waals surface area contributed by atoms with Crippen LogP contribution < -0.4 is 5.32 Å². The van der Waals surface area contributed by atoms with Gasteiger partial charge in [0.2, 0.25) is 0 Å². The van der Waals surface area contributed by atoms with Gasteiger partial charge in [-0.25, -0.2) is 0 Å². The van der Waals surface area contributed by atoms with Crippen LogP contribution >= 0.6 is 11.6 Å². The second kappa shape index (κ2) is 4.68. The van der Waals surface area contributed by atoms with Crippen molar-refractivity contribution in [2.45, 2.75) is 6.42 Å². The van der Waals surface area contributed by atoms with Gasteiger partial charge >= 0.3 is 0 Å². The minimum absolute atomic E-state index is 0.0166. The highest BCUT2D eigenvalue weighted by Gasteiger charge is 2.26. The summed E-state index contributed by atoms with van der Waals surface area (Å²) in [6, 6.07) is 5.36. The van der Waals surface area contributed by atoms with Crippen molar-refractivity contribution in [3.8, 4) is 0 Å². The summed E-state index contributed by atoms with van der Waals surface area (Å²) in [5.41, 5.74) is 2.27. The first-order valence-electron chi connectivity index (χ1n) is 5.09. The molecule has 0 atom stereocenters. The number of aliphatic hydroxyl groups is 1. The van der Waals surface area contributed by atoms with Crippen LogP contribution in [0.15, 0.2) is 30.0 Å². The van der Waals surface area contributed by atoms with Gasteiger partial charge in [0, 0.05) is 35.3 Å². The standard InChI is InChI=1S/C12H12ClNO2/c13-11-3-1-2-9-10(11)6-8(12(9)16)7-14-4-5-15/h1-3,7,14-15H,4-6H2/b8-7+. The molecule has 0 bridgehead atoms. The van der Waals surface area contributed by atoms with Gasteiger partial charge in [-0.1, -0.05) is 23.7 Å². The van der Waals surface area contributed by atoms with Crippen molar-refractivity contribution in [3.63, 3.8) is 0 Å². The van der Waals surface area contributed by atoms with Gasteiger partial charge in [0.1, 0.15) is 0 Å². The summed E-state index contributed by atoms with van der Waals surface area (Å²) in [6.07, 6.45) is 2.22. The number of rotatable bonds is 3. The molecule has 1 aliphatic rings. The van der Waals surface area contributed by atoms with Gasteiger partial charge in [-0.05, 0) is 11.6 Å². The van der Waals surface area contributed by atoms with Gasteiger partial charge in [-0.3, -0.25) is 4.79 Å². The molecule has 2 N–H and O–H groups in total. The van der Waals surface area contributed by atoms with Crippen molar-refractivity contribution in [3.05, 3.63) is 46.1 Å². The Hall–Kier alpha value is -1.32. The third-order valence-electron chi connectivity index (χ3n) is 2.55. The molecule has 0 heterocycles. The number of fused-ring (bicyclic) bond motifs is 1. The third kappa shape index (κ3) is 1.96. The molecule has 84 valence electrons. The van der Waals surface area contributed by atoms with Crippen molar-refractivity contribution >= 4 is 17.4 Å². The molecule has 1 aromatic rings. The van der Waals surface area contributed by atoms with Crippen LogP contribution in [0.5, 0.6) is 0 Å². The summed E-state index contributed by atoms with van der Waals surface area (Å²) in [5.74, 6) is 0.0166. The van der Waals surface area contributed by atoms with Crippen molar-refractivity contribution in [2.24, 2.45) is 0 Å². The number of hydrogen-bond acceptors (Lipinski definition) is 3. The number of benzene rings is 1. The van der Waals surface area contributed by atoms with Gasteiger partial charge in [-0.2, -0.15) is 0 Å². The molecule has 1 aliphatic carbocycles. The molecule has 2 rings (SSSR count). The first-order valence-corrected chi connectivity index (χ1v) is 5.47. The number of halogens is 1. The van der Waals surface area contributed by atoms with E-state index < -0.39 is 0 Å². The molecule has 0 saturated carbocycles. The number of hydrogen-bond donors (Lipinski definition) is 2. The van der Waals surface area contributed by atoms with Crippen LogP contribution in [0, 0.1) is 0 Å². The fraction of sp³-hybridized carbons (Fsp3) is 0.250. The fourth-order valence-electron chi connectivity index (χ4n) is 1.77. The number of ketones is 1. The first-order chi connectivity index (χ1) is 7.74. The molecule has 0 aliphatic heterocycles. The van der Waals surface area contributed by atoms with E-state index in [1.54, 1.807) is 24.4 Å². The Labute approximate surface area is 98.7 Å². The molecular weight excluding hydrogens is 226 g/mol. The van der Waals surface area contributed by atoms with Crippen LogP contribution in [0.25, 0.3) is 0 Å². The number of aliphatic hydroxyl groups excluding tert-OH is 1. The molecule has 0 saturated heterocycles. The lowest BCUT2D eigenvalue weighted by Crippen LogP contribution is -2.13. The fourth-order valence-corrected chi connectivity index (χ4v) is 2.01. The number of nitrogens with one attached hydrogen (secondary N) is 1. The Kier molecular flexibility index (Phi) is 3.27. The monoisotopic (exact) mass is 237 g/mol.